The number of phenols is 1. The number of aliphatic carboxylic acids is 1. The third-order valence-electron chi connectivity index (χ3n) is 5.80. The van der Waals surface area contributed by atoms with E-state index in [0.717, 1.165) is 36.0 Å². The Morgan fingerprint density at radius 3 is 1.86 bits per heavy atom. The van der Waals surface area contributed by atoms with E-state index >= 15 is 0 Å². The molecule has 0 aliphatic heterocycles. The van der Waals surface area contributed by atoms with Gasteiger partial charge in [0.15, 0.2) is 0 Å². The van der Waals surface area contributed by atoms with Crippen molar-refractivity contribution in [1.29, 1.82) is 0 Å². The first-order valence-electron chi connectivity index (χ1n) is 10.9. The van der Waals surface area contributed by atoms with Crippen molar-refractivity contribution in [2.75, 3.05) is 0 Å². The Kier molecular flexibility index (Phi) is 8.59. The van der Waals surface area contributed by atoms with Gasteiger partial charge in [0, 0.05) is 0 Å². The quantitative estimate of drug-likeness (QED) is 0.470. The Labute approximate surface area is 172 Å². The molecular formula is C25H42O3. The Balaban J connectivity index is 3.48. The first-order valence-corrected chi connectivity index (χ1v) is 10.9. The van der Waals surface area contributed by atoms with Crippen molar-refractivity contribution in [2.24, 2.45) is 5.92 Å². The van der Waals surface area contributed by atoms with Gasteiger partial charge in [-0.1, -0.05) is 93.2 Å². The van der Waals surface area contributed by atoms with Crippen LogP contribution in [0.25, 0.3) is 0 Å². The SMILES string of the molecule is CCCCC(CC)CC(CC(=O)O)c1cc(C(C)(C)C)c(O)c(C(C)(C)C)c1. The van der Waals surface area contributed by atoms with Gasteiger partial charge in [0.2, 0.25) is 0 Å². The van der Waals surface area contributed by atoms with Gasteiger partial charge in [-0.05, 0) is 45.8 Å². The van der Waals surface area contributed by atoms with Gasteiger partial charge in [0.1, 0.15) is 5.75 Å². The zero-order valence-corrected chi connectivity index (χ0v) is 19.4. The smallest absolute Gasteiger partial charge is 0.303 e. The fourth-order valence-corrected chi connectivity index (χ4v) is 3.97. The minimum Gasteiger partial charge on any atom is -0.507 e. The summed E-state index contributed by atoms with van der Waals surface area (Å²) in [4.78, 5) is 11.6. The number of carboxylic acids is 1. The molecule has 0 saturated carbocycles. The Morgan fingerprint density at radius 1 is 1.00 bits per heavy atom. The maximum Gasteiger partial charge on any atom is 0.303 e. The molecule has 1 aromatic carbocycles. The maximum absolute atomic E-state index is 11.6. The highest BCUT2D eigenvalue weighted by atomic mass is 16.4. The molecule has 0 amide bonds. The second-order valence-electron chi connectivity index (χ2n) is 10.4. The first kappa shape index (κ1) is 24.5. The molecule has 0 aliphatic carbocycles. The summed E-state index contributed by atoms with van der Waals surface area (Å²) >= 11 is 0. The van der Waals surface area contributed by atoms with E-state index in [-0.39, 0.29) is 23.2 Å². The second kappa shape index (κ2) is 9.80. The van der Waals surface area contributed by atoms with E-state index in [1.807, 2.05) is 0 Å². The van der Waals surface area contributed by atoms with E-state index in [2.05, 4.69) is 67.5 Å². The normalized spacial score (nSPS) is 14.7. The van der Waals surface area contributed by atoms with Crippen LogP contribution in [0.2, 0.25) is 0 Å². The second-order valence-corrected chi connectivity index (χ2v) is 10.4. The zero-order valence-electron chi connectivity index (χ0n) is 19.4. The van der Waals surface area contributed by atoms with Crippen molar-refractivity contribution in [2.45, 2.75) is 111 Å². The third-order valence-corrected chi connectivity index (χ3v) is 5.80. The molecule has 0 fully saturated rings. The molecule has 0 aliphatic rings. The van der Waals surface area contributed by atoms with Gasteiger partial charge in [0.05, 0.1) is 6.42 Å². The van der Waals surface area contributed by atoms with Crippen molar-refractivity contribution in [3.63, 3.8) is 0 Å². The number of rotatable bonds is 9. The number of carbonyl (C=O) groups is 1. The van der Waals surface area contributed by atoms with E-state index in [1.165, 1.54) is 12.8 Å². The Morgan fingerprint density at radius 2 is 1.50 bits per heavy atom. The Hall–Kier alpha value is -1.51. The molecular weight excluding hydrogens is 348 g/mol. The van der Waals surface area contributed by atoms with Crippen LogP contribution in [0.5, 0.6) is 5.75 Å². The number of unbranched alkanes of at least 4 members (excludes halogenated alkanes) is 1. The molecule has 0 bridgehead atoms. The van der Waals surface area contributed by atoms with Gasteiger partial charge >= 0.3 is 5.97 Å². The van der Waals surface area contributed by atoms with Crippen LogP contribution in [0.4, 0.5) is 0 Å². The summed E-state index contributed by atoms with van der Waals surface area (Å²) in [5.74, 6) is 0.116. The van der Waals surface area contributed by atoms with Crippen LogP contribution >= 0.6 is 0 Å². The van der Waals surface area contributed by atoms with E-state index in [9.17, 15) is 15.0 Å². The average molecular weight is 391 g/mol. The number of aromatic hydroxyl groups is 1. The lowest BCUT2D eigenvalue weighted by molar-refractivity contribution is -0.137. The molecule has 0 saturated heterocycles. The molecule has 28 heavy (non-hydrogen) atoms. The average Bonchev–Trinajstić information content (AvgIpc) is 2.55. The van der Waals surface area contributed by atoms with Crippen LogP contribution in [-0.4, -0.2) is 16.2 Å². The van der Waals surface area contributed by atoms with Crippen LogP contribution in [0.1, 0.15) is 117 Å². The number of carboxylic acid groups (broad SMARTS) is 1. The molecule has 3 heteroatoms. The topological polar surface area (TPSA) is 57.5 Å². The lowest BCUT2D eigenvalue weighted by Crippen LogP contribution is -2.20. The Bertz CT molecular complexity index is 612. The van der Waals surface area contributed by atoms with E-state index in [1.54, 1.807) is 0 Å². The summed E-state index contributed by atoms with van der Waals surface area (Å²) < 4.78 is 0. The van der Waals surface area contributed by atoms with Gasteiger partial charge in [-0.2, -0.15) is 0 Å². The summed E-state index contributed by atoms with van der Waals surface area (Å²) in [5, 5.41) is 20.5. The van der Waals surface area contributed by atoms with Crippen molar-refractivity contribution in [3.05, 3.63) is 28.8 Å². The molecule has 0 aromatic heterocycles. The predicted molar refractivity (Wildman–Crippen MR) is 118 cm³/mol. The molecule has 1 rings (SSSR count). The van der Waals surface area contributed by atoms with Gasteiger partial charge < -0.3 is 10.2 Å². The molecule has 1 aromatic rings. The number of hydrogen-bond acceptors (Lipinski definition) is 2. The predicted octanol–water partition coefficient (Wildman–Crippen LogP) is 7.15. The van der Waals surface area contributed by atoms with Gasteiger partial charge in [-0.25, -0.2) is 0 Å². The molecule has 0 spiro atoms. The zero-order chi connectivity index (χ0) is 21.7. The van der Waals surface area contributed by atoms with Crippen molar-refractivity contribution < 1.29 is 15.0 Å². The lowest BCUT2D eigenvalue weighted by atomic mass is 9.75. The minimum absolute atomic E-state index is 0.0258. The third kappa shape index (κ3) is 6.83. The number of phenolic OH excluding ortho intramolecular Hbond substituents is 1. The summed E-state index contributed by atoms with van der Waals surface area (Å²) in [6.45, 7) is 17.0. The highest BCUT2D eigenvalue weighted by Crippen LogP contribution is 2.43. The van der Waals surface area contributed by atoms with Crippen LogP contribution < -0.4 is 0 Å². The van der Waals surface area contributed by atoms with Crippen LogP contribution in [-0.2, 0) is 15.6 Å². The molecule has 160 valence electrons. The van der Waals surface area contributed by atoms with Gasteiger partial charge in [0.25, 0.3) is 0 Å². The van der Waals surface area contributed by atoms with Gasteiger partial charge in [-0.3, -0.25) is 4.79 Å². The summed E-state index contributed by atoms with van der Waals surface area (Å²) in [6.07, 6.45) is 5.61. The highest BCUT2D eigenvalue weighted by Gasteiger charge is 2.29. The maximum atomic E-state index is 11.6. The monoisotopic (exact) mass is 390 g/mol. The van der Waals surface area contributed by atoms with Gasteiger partial charge in [-0.15, -0.1) is 0 Å². The van der Waals surface area contributed by atoms with E-state index < -0.39 is 5.97 Å². The van der Waals surface area contributed by atoms with Crippen molar-refractivity contribution in [1.82, 2.24) is 0 Å². The molecule has 2 N–H and O–H groups in total. The number of benzene rings is 1. The summed E-state index contributed by atoms with van der Waals surface area (Å²) in [6, 6.07) is 4.12. The molecule has 0 radical (unpaired) electrons. The van der Waals surface area contributed by atoms with E-state index in [0.29, 0.717) is 11.7 Å². The van der Waals surface area contributed by atoms with Crippen LogP contribution in [0.15, 0.2) is 12.1 Å². The fraction of sp³-hybridized carbons (Fsp3) is 0.720. The van der Waals surface area contributed by atoms with Crippen molar-refractivity contribution in [3.8, 4) is 5.75 Å². The van der Waals surface area contributed by atoms with Crippen LogP contribution in [0, 0.1) is 5.92 Å². The summed E-state index contributed by atoms with van der Waals surface area (Å²) in [5.41, 5.74) is 2.46. The first-order chi connectivity index (χ1) is 12.8. The molecule has 3 nitrogen and oxygen atoms in total. The van der Waals surface area contributed by atoms with E-state index in [4.69, 9.17) is 0 Å². The largest absolute Gasteiger partial charge is 0.507 e. The molecule has 2 unspecified atom stereocenters. The highest BCUT2D eigenvalue weighted by molar-refractivity contribution is 5.68. The van der Waals surface area contributed by atoms with Crippen molar-refractivity contribution >= 4 is 5.97 Å². The fourth-order valence-electron chi connectivity index (χ4n) is 3.97. The lowest BCUT2D eigenvalue weighted by Gasteiger charge is -2.30. The van der Waals surface area contributed by atoms with Crippen LogP contribution in [0.3, 0.4) is 0 Å². The number of hydrogen-bond donors (Lipinski definition) is 2. The molecule has 0 heterocycles. The molecule has 2 atom stereocenters. The standard InChI is InChI=1S/C25H42O3/c1-9-11-12-17(10-2)13-18(16-22(26)27)19-14-20(24(3,4)5)23(28)21(15-19)25(6,7)8/h14-15,17-18,28H,9-13,16H2,1-8H3,(H,26,27). The minimum atomic E-state index is -0.752. The summed E-state index contributed by atoms with van der Waals surface area (Å²) in [7, 11) is 0.